The summed E-state index contributed by atoms with van der Waals surface area (Å²) in [5, 5.41) is 1.08. The number of hydrogen-bond acceptors (Lipinski definition) is 5. The molecule has 1 heterocycles. The highest BCUT2D eigenvalue weighted by molar-refractivity contribution is 7.21. The Balaban J connectivity index is 1.75. The molecule has 0 saturated carbocycles. The number of hydrogen-bond donors (Lipinski definition) is 0. The van der Waals surface area contributed by atoms with Gasteiger partial charge in [-0.25, -0.2) is 4.79 Å². The Morgan fingerprint density at radius 1 is 1.08 bits per heavy atom. The topological polar surface area (TPSA) is 52.6 Å². The molecule has 0 atom stereocenters. The number of methoxy groups -OCH3 is 1. The van der Waals surface area contributed by atoms with Gasteiger partial charge in [-0.15, -0.1) is 11.3 Å². The SMILES string of the molecule is COc1ccc2c(Cl)c(C(=O)OCC(=O)c3ccc(C)c(C)c3)sc2c1. The largest absolute Gasteiger partial charge is 0.497 e. The van der Waals surface area contributed by atoms with Crippen LogP contribution in [0.4, 0.5) is 0 Å². The quantitative estimate of drug-likeness (QED) is 0.444. The molecule has 0 fully saturated rings. The van der Waals surface area contributed by atoms with Crippen LogP contribution in [0.25, 0.3) is 10.1 Å². The zero-order chi connectivity index (χ0) is 18.8. The summed E-state index contributed by atoms with van der Waals surface area (Å²) in [6.07, 6.45) is 0. The first-order chi connectivity index (χ1) is 12.4. The molecule has 0 N–H and O–H groups in total. The van der Waals surface area contributed by atoms with Crippen molar-refractivity contribution in [2.75, 3.05) is 13.7 Å². The molecule has 26 heavy (non-hydrogen) atoms. The minimum absolute atomic E-state index is 0.250. The zero-order valence-corrected chi connectivity index (χ0v) is 16.2. The molecular weight excluding hydrogens is 372 g/mol. The molecule has 3 aromatic rings. The van der Waals surface area contributed by atoms with Gasteiger partial charge in [-0.2, -0.15) is 0 Å². The van der Waals surface area contributed by atoms with E-state index in [2.05, 4.69) is 0 Å². The van der Waals surface area contributed by atoms with E-state index < -0.39 is 5.97 Å². The van der Waals surface area contributed by atoms with E-state index in [9.17, 15) is 9.59 Å². The molecule has 134 valence electrons. The number of esters is 1. The fourth-order valence-corrected chi connectivity index (χ4v) is 3.93. The van der Waals surface area contributed by atoms with E-state index in [-0.39, 0.29) is 17.3 Å². The molecule has 0 unspecified atom stereocenters. The third-order valence-corrected chi connectivity index (χ3v) is 5.82. The highest BCUT2D eigenvalue weighted by atomic mass is 35.5. The van der Waals surface area contributed by atoms with E-state index in [1.165, 1.54) is 11.3 Å². The Labute approximate surface area is 160 Å². The lowest BCUT2D eigenvalue weighted by molar-refractivity contribution is 0.0480. The van der Waals surface area contributed by atoms with Crippen LogP contribution in [0.1, 0.15) is 31.2 Å². The molecule has 1 aromatic heterocycles. The van der Waals surface area contributed by atoms with Gasteiger partial charge in [0.15, 0.2) is 12.4 Å². The maximum atomic E-state index is 12.4. The predicted octanol–water partition coefficient (Wildman–Crippen LogP) is 5.22. The van der Waals surface area contributed by atoms with Crippen molar-refractivity contribution in [3.63, 3.8) is 0 Å². The van der Waals surface area contributed by atoms with E-state index in [0.29, 0.717) is 16.3 Å². The summed E-state index contributed by atoms with van der Waals surface area (Å²) in [5.41, 5.74) is 2.64. The summed E-state index contributed by atoms with van der Waals surface area (Å²) in [6.45, 7) is 3.58. The highest BCUT2D eigenvalue weighted by Gasteiger charge is 2.20. The molecule has 6 heteroatoms. The van der Waals surface area contributed by atoms with Crippen molar-refractivity contribution >= 4 is 44.8 Å². The van der Waals surface area contributed by atoms with Crippen molar-refractivity contribution in [2.24, 2.45) is 0 Å². The van der Waals surface area contributed by atoms with Gasteiger partial charge in [-0.05, 0) is 49.2 Å². The molecule has 0 saturated heterocycles. The Hall–Kier alpha value is -2.37. The van der Waals surface area contributed by atoms with Crippen LogP contribution in [-0.2, 0) is 4.74 Å². The molecule has 0 aliphatic carbocycles. The number of halogens is 1. The van der Waals surface area contributed by atoms with Gasteiger partial charge in [-0.3, -0.25) is 4.79 Å². The third kappa shape index (κ3) is 3.59. The van der Waals surface area contributed by atoms with Crippen molar-refractivity contribution in [3.8, 4) is 5.75 Å². The first-order valence-electron chi connectivity index (χ1n) is 7.94. The second-order valence-corrected chi connectivity index (χ2v) is 7.34. The van der Waals surface area contributed by atoms with Crippen molar-refractivity contribution < 1.29 is 19.1 Å². The normalized spacial score (nSPS) is 10.8. The van der Waals surface area contributed by atoms with Gasteiger partial charge >= 0.3 is 5.97 Å². The first-order valence-corrected chi connectivity index (χ1v) is 9.13. The van der Waals surface area contributed by atoms with Crippen molar-refractivity contribution in [3.05, 3.63) is 63.0 Å². The number of ether oxygens (including phenoxy) is 2. The number of thiophene rings is 1. The van der Waals surface area contributed by atoms with E-state index in [0.717, 1.165) is 21.2 Å². The van der Waals surface area contributed by atoms with Crippen LogP contribution in [0.15, 0.2) is 36.4 Å². The van der Waals surface area contributed by atoms with Gasteiger partial charge in [0.1, 0.15) is 10.6 Å². The summed E-state index contributed by atoms with van der Waals surface area (Å²) in [7, 11) is 1.57. The Bertz CT molecular complexity index is 1010. The molecule has 0 aliphatic rings. The van der Waals surface area contributed by atoms with Crippen molar-refractivity contribution in [1.82, 2.24) is 0 Å². The molecule has 0 radical (unpaired) electrons. The average Bonchev–Trinajstić information content (AvgIpc) is 2.97. The standard InChI is InChI=1S/C20H17ClO4S/c1-11-4-5-13(8-12(11)2)16(22)10-25-20(23)19-18(21)15-7-6-14(24-3)9-17(15)26-19/h4-9H,10H2,1-3H3. The summed E-state index contributed by atoms with van der Waals surface area (Å²) in [4.78, 5) is 24.9. The maximum Gasteiger partial charge on any atom is 0.350 e. The number of ketones is 1. The lowest BCUT2D eigenvalue weighted by Crippen LogP contribution is -2.14. The minimum atomic E-state index is -0.604. The summed E-state index contributed by atoms with van der Waals surface area (Å²) < 4.78 is 11.2. The molecule has 0 aliphatic heterocycles. The van der Waals surface area contributed by atoms with Crippen molar-refractivity contribution in [1.29, 1.82) is 0 Å². The van der Waals surface area contributed by atoms with Gasteiger partial charge in [-0.1, -0.05) is 23.7 Å². The van der Waals surface area contributed by atoms with Gasteiger partial charge in [0, 0.05) is 15.6 Å². The predicted molar refractivity (Wildman–Crippen MR) is 104 cm³/mol. The second-order valence-electron chi connectivity index (χ2n) is 5.91. The first kappa shape index (κ1) is 18.4. The zero-order valence-electron chi connectivity index (χ0n) is 14.6. The molecule has 2 aromatic carbocycles. The molecule has 0 bridgehead atoms. The number of carbonyl (C=O) groups is 2. The summed E-state index contributed by atoms with van der Waals surface area (Å²) >= 11 is 7.52. The minimum Gasteiger partial charge on any atom is -0.497 e. The lowest BCUT2D eigenvalue weighted by Gasteiger charge is -2.06. The van der Waals surface area contributed by atoms with Gasteiger partial charge in [0.05, 0.1) is 12.1 Å². The number of rotatable bonds is 5. The van der Waals surface area contributed by atoms with Gasteiger partial charge < -0.3 is 9.47 Å². The number of fused-ring (bicyclic) bond motifs is 1. The van der Waals surface area contributed by atoms with Crippen LogP contribution < -0.4 is 4.74 Å². The van der Waals surface area contributed by atoms with Crippen LogP contribution in [0, 0.1) is 13.8 Å². The molecule has 4 nitrogen and oxygen atoms in total. The number of aryl methyl sites for hydroxylation is 2. The Morgan fingerprint density at radius 3 is 2.54 bits per heavy atom. The number of carbonyl (C=O) groups excluding carboxylic acids is 2. The van der Waals surface area contributed by atoms with Crippen LogP contribution in [0.5, 0.6) is 5.75 Å². The molecular formula is C20H17ClO4S. The number of benzene rings is 2. The van der Waals surface area contributed by atoms with Crippen LogP contribution in [0.2, 0.25) is 5.02 Å². The summed E-state index contributed by atoms with van der Waals surface area (Å²) in [5.74, 6) is -0.173. The molecule has 0 amide bonds. The molecule has 3 rings (SSSR count). The lowest BCUT2D eigenvalue weighted by atomic mass is 10.0. The third-order valence-electron chi connectivity index (χ3n) is 4.19. The highest BCUT2D eigenvalue weighted by Crippen LogP contribution is 2.37. The summed E-state index contributed by atoms with van der Waals surface area (Å²) in [6, 6.07) is 10.8. The van der Waals surface area contributed by atoms with Crippen molar-refractivity contribution in [2.45, 2.75) is 13.8 Å². The fourth-order valence-electron chi connectivity index (χ4n) is 2.50. The second kappa shape index (κ2) is 7.48. The molecule has 0 spiro atoms. The smallest absolute Gasteiger partial charge is 0.350 e. The van der Waals surface area contributed by atoms with E-state index in [4.69, 9.17) is 21.1 Å². The van der Waals surface area contributed by atoms with E-state index >= 15 is 0 Å². The average molecular weight is 389 g/mol. The maximum absolute atomic E-state index is 12.4. The fraction of sp³-hybridized carbons (Fsp3) is 0.200. The Kier molecular flexibility index (Phi) is 5.30. The van der Waals surface area contributed by atoms with Crippen LogP contribution in [-0.4, -0.2) is 25.5 Å². The number of Topliss-reactive ketones (excluding diaryl/α,β-unsaturated/α-hetero) is 1. The van der Waals surface area contributed by atoms with E-state index in [1.807, 2.05) is 26.0 Å². The van der Waals surface area contributed by atoms with Gasteiger partial charge in [0.25, 0.3) is 0 Å². The van der Waals surface area contributed by atoms with E-state index in [1.54, 1.807) is 31.4 Å². The van der Waals surface area contributed by atoms with Gasteiger partial charge in [0.2, 0.25) is 0 Å². The van der Waals surface area contributed by atoms with Crippen LogP contribution in [0.3, 0.4) is 0 Å². The monoisotopic (exact) mass is 388 g/mol. The Morgan fingerprint density at radius 2 is 1.85 bits per heavy atom. The van der Waals surface area contributed by atoms with Crippen LogP contribution >= 0.6 is 22.9 Å².